The first kappa shape index (κ1) is 13.0. The van der Waals surface area contributed by atoms with E-state index in [2.05, 4.69) is 4.99 Å². The zero-order chi connectivity index (χ0) is 14.8. The third-order valence-electron chi connectivity index (χ3n) is 3.13. The van der Waals surface area contributed by atoms with Crippen LogP contribution < -0.4 is 0 Å². The number of rotatable bonds is 3. The van der Waals surface area contributed by atoms with E-state index in [1.807, 2.05) is 0 Å². The number of nitro benzene ring substituents is 1. The third kappa shape index (κ3) is 2.38. The van der Waals surface area contributed by atoms with E-state index >= 15 is 0 Å². The first-order valence-electron chi connectivity index (χ1n) is 6.23. The molecule has 1 aliphatic rings. The molecule has 0 saturated heterocycles. The van der Waals surface area contributed by atoms with Gasteiger partial charge in [-0.1, -0.05) is 24.3 Å². The summed E-state index contributed by atoms with van der Waals surface area (Å²) in [7, 11) is 0. The molecule has 0 radical (unpaired) electrons. The Morgan fingerprint density at radius 1 is 1.19 bits per heavy atom. The lowest BCUT2D eigenvalue weighted by atomic mass is 10.1. The summed E-state index contributed by atoms with van der Waals surface area (Å²) in [6.07, 6.45) is -0.0711. The molecule has 0 aromatic heterocycles. The average molecular weight is 282 g/mol. The summed E-state index contributed by atoms with van der Waals surface area (Å²) in [5.41, 5.74) is 1.72. The summed E-state index contributed by atoms with van der Waals surface area (Å²) < 4.78 is 5.54. The summed E-state index contributed by atoms with van der Waals surface area (Å²) in [5, 5.41) is 10.8. The highest BCUT2D eigenvalue weighted by Crippen LogP contribution is 2.33. The van der Waals surface area contributed by atoms with E-state index in [1.54, 1.807) is 36.4 Å². The van der Waals surface area contributed by atoms with Crippen molar-refractivity contribution in [1.82, 2.24) is 0 Å². The van der Waals surface area contributed by atoms with Crippen LogP contribution in [-0.2, 0) is 9.53 Å². The maximum Gasteiger partial charge on any atom is 0.270 e. The summed E-state index contributed by atoms with van der Waals surface area (Å²) in [4.78, 5) is 25.8. The van der Waals surface area contributed by atoms with Gasteiger partial charge in [-0.3, -0.25) is 14.9 Å². The van der Waals surface area contributed by atoms with Gasteiger partial charge in [0.15, 0.2) is 12.4 Å². The number of hydrogen-bond donors (Lipinski definition) is 0. The zero-order valence-corrected chi connectivity index (χ0v) is 10.8. The van der Waals surface area contributed by atoms with Crippen LogP contribution in [0.1, 0.15) is 17.2 Å². The monoisotopic (exact) mass is 282 g/mol. The topological polar surface area (TPSA) is 81.8 Å². The zero-order valence-electron chi connectivity index (χ0n) is 10.8. The van der Waals surface area contributed by atoms with Crippen LogP contribution in [0.2, 0.25) is 0 Å². The molecule has 0 amide bonds. The first-order chi connectivity index (χ1) is 10.2. The molecule has 3 rings (SSSR count). The van der Waals surface area contributed by atoms with E-state index in [9.17, 15) is 14.9 Å². The van der Waals surface area contributed by atoms with Crippen LogP contribution in [0.3, 0.4) is 0 Å². The fourth-order valence-corrected chi connectivity index (χ4v) is 2.14. The largest absolute Gasteiger partial charge is 0.461 e. The third-order valence-corrected chi connectivity index (χ3v) is 3.13. The van der Waals surface area contributed by atoms with E-state index < -0.39 is 11.0 Å². The molecule has 1 heterocycles. The smallest absolute Gasteiger partial charge is 0.270 e. The highest BCUT2D eigenvalue weighted by atomic mass is 16.6. The second-order valence-electron chi connectivity index (χ2n) is 4.46. The molecule has 1 unspecified atom stereocenters. The number of carbonyl (C=O) groups excluding carboxylic acids is 1. The van der Waals surface area contributed by atoms with Gasteiger partial charge in [-0.25, -0.2) is 4.99 Å². The molecule has 21 heavy (non-hydrogen) atoms. The van der Waals surface area contributed by atoms with E-state index in [1.165, 1.54) is 12.1 Å². The first-order valence-corrected chi connectivity index (χ1v) is 6.23. The second-order valence-corrected chi connectivity index (χ2v) is 4.46. The molecule has 0 fully saturated rings. The van der Waals surface area contributed by atoms with Gasteiger partial charge in [0.1, 0.15) is 0 Å². The van der Waals surface area contributed by atoms with Crippen molar-refractivity contribution in [2.45, 2.75) is 6.10 Å². The predicted molar refractivity (Wildman–Crippen MR) is 75.6 cm³/mol. The van der Waals surface area contributed by atoms with Crippen molar-refractivity contribution in [3.63, 3.8) is 0 Å². The van der Waals surface area contributed by atoms with Crippen molar-refractivity contribution < 1.29 is 14.5 Å². The molecule has 0 N–H and O–H groups in total. The lowest BCUT2D eigenvalue weighted by Gasteiger charge is -2.22. The number of nitro groups is 1. The van der Waals surface area contributed by atoms with Crippen LogP contribution in [0, 0.1) is 10.1 Å². The summed E-state index contributed by atoms with van der Waals surface area (Å²) in [6.45, 7) is 0. The SMILES string of the molecule is O=CC1OC(c2cccc([N+](=O)[O-])c2)=Nc2ccccc21. The van der Waals surface area contributed by atoms with Crippen LogP contribution in [0.15, 0.2) is 53.5 Å². The second kappa shape index (κ2) is 5.16. The van der Waals surface area contributed by atoms with Gasteiger partial charge in [0.25, 0.3) is 5.69 Å². The Labute approximate surface area is 119 Å². The summed E-state index contributed by atoms with van der Waals surface area (Å²) in [6, 6.07) is 13.1. The van der Waals surface area contributed by atoms with E-state index in [-0.39, 0.29) is 11.6 Å². The Morgan fingerprint density at radius 2 is 2.00 bits per heavy atom. The van der Waals surface area contributed by atoms with Crippen molar-refractivity contribution in [3.8, 4) is 0 Å². The molecule has 6 nitrogen and oxygen atoms in total. The van der Waals surface area contributed by atoms with Crippen LogP contribution >= 0.6 is 0 Å². The Balaban J connectivity index is 2.08. The highest BCUT2D eigenvalue weighted by Gasteiger charge is 2.24. The number of nitrogens with zero attached hydrogens (tertiary/aromatic N) is 2. The molecule has 0 aliphatic carbocycles. The number of aliphatic imine (C=N–C) groups is 1. The Bertz CT molecular complexity index is 755. The number of ether oxygens (including phenoxy) is 1. The van der Waals surface area contributed by atoms with Gasteiger partial charge in [0.05, 0.1) is 10.6 Å². The van der Waals surface area contributed by atoms with Crippen molar-refractivity contribution in [3.05, 3.63) is 69.8 Å². The molecule has 2 aromatic rings. The minimum Gasteiger partial charge on any atom is -0.461 e. The number of para-hydroxylation sites is 1. The van der Waals surface area contributed by atoms with Crippen LogP contribution in [0.4, 0.5) is 11.4 Å². The molecule has 104 valence electrons. The molecule has 0 bridgehead atoms. The molecule has 0 spiro atoms. The lowest BCUT2D eigenvalue weighted by Crippen LogP contribution is -2.17. The van der Waals surface area contributed by atoms with Crippen molar-refractivity contribution in [2.75, 3.05) is 0 Å². The standard InChI is InChI=1S/C15H10N2O4/c18-9-14-12-6-1-2-7-13(12)16-15(21-14)10-4-3-5-11(8-10)17(19)20/h1-9,14H. The molecule has 0 saturated carbocycles. The Kier molecular flexibility index (Phi) is 3.19. The van der Waals surface area contributed by atoms with Crippen molar-refractivity contribution >= 4 is 23.6 Å². The normalized spacial score (nSPS) is 16.4. The average Bonchev–Trinajstić information content (AvgIpc) is 2.53. The summed E-state index contributed by atoms with van der Waals surface area (Å²) in [5.74, 6) is 0.203. The van der Waals surface area contributed by atoms with Gasteiger partial charge in [-0.15, -0.1) is 0 Å². The number of benzene rings is 2. The number of carbonyl (C=O) groups is 1. The van der Waals surface area contributed by atoms with Gasteiger partial charge >= 0.3 is 0 Å². The minimum absolute atomic E-state index is 0.0553. The molecule has 1 atom stereocenters. The van der Waals surface area contributed by atoms with Gasteiger partial charge in [-0.2, -0.15) is 0 Å². The molecular formula is C15H10N2O4. The van der Waals surface area contributed by atoms with Gasteiger partial charge in [0.2, 0.25) is 5.90 Å². The quantitative estimate of drug-likeness (QED) is 0.492. The maximum absolute atomic E-state index is 11.2. The summed E-state index contributed by atoms with van der Waals surface area (Å²) >= 11 is 0. The highest BCUT2D eigenvalue weighted by molar-refractivity contribution is 5.99. The number of hydrogen-bond acceptors (Lipinski definition) is 5. The van der Waals surface area contributed by atoms with E-state index in [0.717, 1.165) is 0 Å². The van der Waals surface area contributed by atoms with Gasteiger partial charge < -0.3 is 4.74 Å². The predicted octanol–water partition coefficient (Wildman–Crippen LogP) is 2.94. The molecular weight excluding hydrogens is 272 g/mol. The minimum atomic E-state index is -0.757. The van der Waals surface area contributed by atoms with Crippen molar-refractivity contribution in [1.29, 1.82) is 0 Å². The maximum atomic E-state index is 11.2. The number of fused-ring (bicyclic) bond motifs is 1. The van der Waals surface area contributed by atoms with Crippen LogP contribution in [0.5, 0.6) is 0 Å². The van der Waals surface area contributed by atoms with E-state index in [4.69, 9.17) is 4.74 Å². The Morgan fingerprint density at radius 3 is 2.76 bits per heavy atom. The fourth-order valence-electron chi connectivity index (χ4n) is 2.14. The van der Waals surface area contributed by atoms with Crippen LogP contribution in [-0.4, -0.2) is 17.1 Å². The van der Waals surface area contributed by atoms with Crippen LogP contribution in [0.25, 0.3) is 0 Å². The van der Waals surface area contributed by atoms with Crippen molar-refractivity contribution in [2.24, 2.45) is 4.99 Å². The van der Waals surface area contributed by atoms with E-state index in [0.29, 0.717) is 23.1 Å². The molecule has 6 heteroatoms. The molecule has 1 aliphatic heterocycles. The lowest BCUT2D eigenvalue weighted by molar-refractivity contribution is -0.384. The molecule has 2 aromatic carbocycles. The fraction of sp³-hybridized carbons (Fsp3) is 0.0667. The Hall–Kier alpha value is -3.02. The number of aldehydes is 1. The number of non-ortho nitro benzene ring substituents is 1. The van der Waals surface area contributed by atoms with Gasteiger partial charge in [-0.05, 0) is 12.1 Å². The van der Waals surface area contributed by atoms with Gasteiger partial charge in [0, 0.05) is 23.3 Å².